The Balaban J connectivity index is 1.29. The smallest absolute Gasteiger partial charge is 0.416 e. The van der Waals surface area contributed by atoms with Crippen LogP contribution in [0.15, 0.2) is 36.4 Å². The Kier molecular flexibility index (Phi) is 5.43. The summed E-state index contributed by atoms with van der Waals surface area (Å²) in [7, 11) is 3.50. The summed E-state index contributed by atoms with van der Waals surface area (Å²) in [5.74, 6) is -0.280. The lowest BCUT2D eigenvalue weighted by Crippen LogP contribution is -2.79. The molecule has 2 aliphatic carbocycles. The molecule has 4 aliphatic rings. The van der Waals surface area contributed by atoms with Gasteiger partial charge in [-0.05, 0) is 69.1 Å². The van der Waals surface area contributed by atoms with Crippen LogP contribution in [0.5, 0.6) is 11.5 Å². The van der Waals surface area contributed by atoms with Crippen LogP contribution in [0, 0.1) is 0 Å². The highest BCUT2D eigenvalue weighted by Crippen LogP contribution is 2.65. The summed E-state index contributed by atoms with van der Waals surface area (Å²) < 4.78 is 45.0. The molecule has 5 atom stereocenters. The maximum absolute atomic E-state index is 13.5. The minimum absolute atomic E-state index is 0.0929. The first-order valence-electron chi connectivity index (χ1n) is 12.8. The molecule has 2 unspecified atom stereocenters. The third-order valence-corrected chi connectivity index (χ3v) is 9.32. The molecular formula is C28H29F3N2O5. The number of hydrogen-bond acceptors (Lipinski definition) is 6. The fourth-order valence-electron chi connectivity index (χ4n) is 7.47. The second-order valence-corrected chi connectivity index (χ2v) is 11.1. The Bertz CT molecular complexity index is 1330. The van der Waals surface area contributed by atoms with Crippen molar-refractivity contribution in [3.8, 4) is 11.5 Å². The molecule has 1 spiro atoms. The van der Waals surface area contributed by atoms with Gasteiger partial charge in [0.1, 0.15) is 17.7 Å². The molecule has 2 aromatic rings. The first kappa shape index (κ1) is 25.2. The third kappa shape index (κ3) is 3.22. The number of ketones is 1. The van der Waals surface area contributed by atoms with Crippen LogP contribution in [0.3, 0.4) is 0 Å². The molecule has 1 saturated carbocycles. The zero-order chi connectivity index (χ0) is 27.2. The number of aromatic hydroxyl groups is 1. The van der Waals surface area contributed by atoms with Crippen LogP contribution in [0.1, 0.15) is 52.7 Å². The average molecular weight is 531 g/mol. The number of nitrogens with zero attached hydrogens (tertiary/aromatic N) is 2. The highest BCUT2D eigenvalue weighted by Gasteiger charge is 2.75. The summed E-state index contributed by atoms with van der Waals surface area (Å²) in [6, 6.07) is 6.66. The summed E-state index contributed by atoms with van der Waals surface area (Å²) in [6.45, 7) is 0.547. The molecule has 0 aromatic heterocycles. The molecule has 0 radical (unpaired) electrons. The SMILES string of the molecule is CN(C(=O)CCc1ccc(C(F)(F)F)cc1)C1CC[C@@]2(O)[C@H]3C(=O)c4ccc(O)c5c4[C@@]2(CCN3C)C1O5. The van der Waals surface area contributed by atoms with Gasteiger partial charge >= 0.3 is 6.18 Å². The zero-order valence-corrected chi connectivity index (χ0v) is 21.1. The number of alkyl halides is 3. The average Bonchev–Trinajstić information content (AvgIpc) is 3.22. The molecule has 2 aliphatic heterocycles. The molecule has 202 valence electrons. The molecule has 1 amide bonds. The molecule has 1 saturated heterocycles. The number of likely N-dealkylation sites (tertiary alicyclic amines) is 1. The number of aryl methyl sites for hydroxylation is 1. The topological polar surface area (TPSA) is 90.3 Å². The number of rotatable bonds is 4. The van der Waals surface area contributed by atoms with E-state index >= 15 is 0 Å². The second kappa shape index (κ2) is 8.19. The monoisotopic (exact) mass is 530 g/mol. The van der Waals surface area contributed by atoms with Crippen LogP contribution >= 0.6 is 0 Å². The highest BCUT2D eigenvalue weighted by atomic mass is 19.4. The largest absolute Gasteiger partial charge is 0.504 e. The third-order valence-electron chi connectivity index (χ3n) is 9.32. The highest BCUT2D eigenvalue weighted by molar-refractivity contribution is 6.06. The molecular weight excluding hydrogens is 501 g/mol. The number of likely N-dealkylation sites (N-methyl/N-ethyl adjacent to an activating group) is 2. The van der Waals surface area contributed by atoms with Crippen molar-refractivity contribution in [2.75, 3.05) is 20.6 Å². The Labute approximate surface area is 217 Å². The van der Waals surface area contributed by atoms with Gasteiger partial charge in [-0.2, -0.15) is 13.2 Å². The number of amides is 1. The number of halogens is 3. The number of Topliss-reactive ketones (excluding diaryl/α,β-unsaturated/α-hetero) is 1. The van der Waals surface area contributed by atoms with Crippen LogP contribution in [0.2, 0.25) is 0 Å². The Morgan fingerprint density at radius 1 is 1.18 bits per heavy atom. The number of phenolic OH excluding ortho intramolecular Hbond substituents is 1. The van der Waals surface area contributed by atoms with Crippen molar-refractivity contribution >= 4 is 11.7 Å². The van der Waals surface area contributed by atoms with E-state index in [4.69, 9.17) is 4.74 Å². The number of benzene rings is 2. The van der Waals surface area contributed by atoms with Gasteiger partial charge in [-0.1, -0.05) is 12.1 Å². The maximum Gasteiger partial charge on any atom is 0.416 e. The van der Waals surface area contributed by atoms with E-state index in [0.29, 0.717) is 36.1 Å². The number of aliphatic hydroxyl groups is 1. The molecule has 2 bridgehead atoms. The zero-order valence-electron chi connectivity index (χ0n) is 21.1. The number of phenols is 1. The van der Waals surface area contributed by atoms with Crippen LogP contribution in [0.4, 0.5) is 13.2 Å². The number of carbonyl (C=O) groups is 2. The van der Waals surface area contributed by atoms with Crippen molar-refractivity contribution in [3.05, 3.63) is 58.7 Å². The second-order valence-electron chi connectivity index (χ2n) is 11.1. The number of piperidine rings is 1. The first-order valence-corrected chi connectivity index (χ1v) is 12.8. The molecule has 2 N–H and O–H groups in total. The maximum atomic E-state index is 13.5. The van der Waals surface area contributed by atoms with Gasteiger partial charge in [-0.25, -0.2) is 0 Å². The summed E-state index contributed by atoms with van der Waals surface area (Å²) >= 11 is 0. The van der Waals surface area contributed by atoms with Crippen molar-refractivity contribution in [1.82, 2.24) is 9.80 Å². The van der Waals surface area contributed by atoms with Crippen LogP contribution in [0.25, 0.3) is 0 Å². The van der Waals surface area contributed by atoms with Crippen molar-refractivity contribution in [1.29, 1.82) is 0 Å². The Hall–Kier alpha value is -3.11. The van der Waals surface area contributed by atoms with Gasteiger partial charge in [0, 0.05) is 24.6 Å². The molecule has 6 rings (SSSR count). The molecule has 38 heavy (non-hydrogen) atoms. The number of hydrogen-bond donors (Lipinski definition) is 2. The molecule has 2 fully saturated rings. The minimum Gasteiger partial charge on any atom is -0.504 e. The van der Waals surface area contributed by atoms with Crippen LogP contribution < -0.4 is 4.74 Å². The van der Waals surface area contributed by atoms with Crippen LogP contribution in [-0.4, -0.2) is 76.1 Å². The predicted octanol–water partition coefficient (Wildman–Crippen LogP) is 3.29. The summed E-state index contributed by atoms with van der Waals surface area (Å²) in [6.07, 6.45) is -3.52. The van der Waals surface area contributed by atoms with E-state index in [1.165, 1.54) is 18.2 Å². The van der Waals surface area contributed by atoms with Gasteiger partial charge in [-0.15, -0.1) is 0 Å². The summed E-state index contributed by atoms with van der Waals surface area (Å²) in [4.78, 5) is 30.3. The molecule has 10 heteroatoms. The van der Waals surface area contributed by atoms with Gasteiger partial charge in [0.15, 0.2) is 17.3 Å². The fraction of sp³-hybridized carbons (Fsp3) is 0.500. The van der Waals surface area contributed by atoms with Crippen LogP contribution in [-0.2, 0) is 22.8 Å². The fourth-order valence-corrected chi connectivity index (χ4v) is 7.47. The van der Waals surface area contributed by atoms with E-state index in [0.717, 1.165) is 12.1 Å². The van der Waals surface area contributed by atoms with Gasteiger partial charge in [0.2, 0.25) is 5.91 Å². The van der Waals surface area contributed by atoms with Gasteiger partial charge < -0.3 is 19.8 Å². The van der Waals surface area contributed by atoms with Crippen molar-refractivity contribution in [2.45, 2.75) is 67.5 Å². The lowest BCUT2D eigenvalue weighted by molar-refractivity contribution is -0.185. The molecule has 2 aromatic carbocycles. The van der Waals surface area contributed by atoms with E-state index in [-0.39, 0.29) is 42.5 Å². The van der Waals surface area contributed by atoms with Gasteiger partial charge in [-0.3, -0.25) is 14.5 Å². The summed E-state index contributed by atoms with van der Waals surface area (Å²) in [5.41, 5.74) is -1.48. The van der Waals surface area contributed by atoms with Gasteiger partial charge in [0.25, 0.3) is 0 Å². The Morgan fingerprint density at radius 2 is 1.89 bits per heavy atom. The van der Waals surface area contributed by atoms with E-state index in [1.807, 2.05) is 11.9 Å². The first-order chi connectivity index (χ1) is 17.9. The summed E-state index contributed by atoms with van der Waals surface area (Å²) in [5, 5.41) is 22.9. The van der Waals surface area contributed by atoms with E-state index < -0.39 is 40.9 Å². The number of ether oxygens (including phenoxy) is 1. The minimum atomic E-state index is -4.42. The quantitative estimate of drug-likeness (QED) is 0.631. The van der Waals surface area contributed by atoms with Crippen molar-refractivity contribution < 1.29 is 37.7 Å². The lowest BCUT2D eigenvalue weighted by atomic mass is 9.48. The molecule has 2 heterocycles. The lowest BCUT2D eigenvalue weighted by Gasteiger charge is -2.63. The predicted molar refractivity (Wildman–Crippen MR) is 130 cm³/mol. The van der Waals surface area contributed by atoms with Gasteiger partial charge in [0.05, 0.1) is 17.0 Å². The molecule has 7 nitrogen and oxygen atoms in total. The Morgan fingerprint density at radius 3 is 2.58 bits per heavy atom. The standard InChI is InChI=1S/C28H29F3N2O5/c1-32-14-13-26-21-17-8-9-19(34)23(21)38-25(26)18(11-12-27(26,37)24(32)22(17)36)33(2)20(35)10-5-15-3-6-16(7-4-15)28(29,30)31/h3-4,6-9,18,24-25,34,37H,5,10-14H2,1-2H3/t18?,24-,25?,26+,27-/m1/s1. The van der Waals surface area contributed by atoms with Crippen molar-refractivity contribution in [3.63, 3.8) is 0 Å². The van der Waals surface area contributed by atoms with E-state index in [1.54, 1.807) is 18.0 Å². The van der Waals surface area contributed by atoms with Crippen molar-refractivity contribution in [2.24, 2.45) is 0 Å². The number of carbonyl (C=O) groups excluding carboxylic acids is 2. The van der Waals surface area contributed by atoms with E-state index in [9.17, 15) is 33.0 Å². The normalized spacial score (nSPS) is 31.5. The van der Waals surface area contributed by atoms with E-state index in [2.05, 4.69) is 0 Å².